The predicted molar refractivity (Wildman–Crippen MR) is 67.6 cm³/mol. The number of carbonyl (C=O) groups excluding carboxylic acids is 1. The number of likely N-dealkylation sites (tertiary alicyclic amines) is 1. The molecule has 0 aromatic rings. The van der Waals surface area contributed by atoms with E-state index >= 15 is 0 Å². The van der Waals surface area contributed by atoms with Crippen LogP contribution in [0.4, 0.5) is 0 Å². The molecule has 2 atom stereocenters. The predicted octanol–water partition coefficient (Wildman–Crippen LogP) is 2.19. The van der Waals surface area contributed by atoms with Crippen LogP contribution < -0.4 is 0 Å². The van der Waals surface area contributed by atoms with Gasteiger partial charge in [-0.15, -0.1) is 0 Å². The first-order chi connectivity index (χ1) is 8.00. The summed E-state index contributed by atoms with van der Waals surface area (Å²) in [5, 5.41) is 9.66. The first kappa shape index (κ1) is 12.9. The van der Waals surface area contributed by atoms with Crippen LogP contribution in [0.1, 0.15) is 52.4 Å². The normalized spacial score (nSPS) is 33.5. The molecule has 1 amide bonds. The zero-order chi connectivity index (χ0) is 12.5. The molecule has 1 saturated carbocycles. The lowest BCUT2D eigenvalue weighted by molar-refractivity contribution is -0.144. The maximum Gasteiger partial charge on any atom is 0.226 e. The Bertz CT molecular complexity index is 288. The van der Waals surface area contributed by atoms with Gasteiger partial charge in [0.15, 0.2) is 0 Å². The average Bonchev–Trinajstić information content (AvgIpc) is 2.27. The van der Waals surface area contributed by atoms with Crippen molar-refractivity contribution in [2.24, 2.45) is 11.3 Å². The number of nitrogens with zero attached hydrogens (tertiary/aromatic N) is 1. The first-order valence-corrected chi connectivity index (χ1v) is 6.97. The number of β-amino-alcohol motifs (C(OH)–C–C–N with tert-alkyl or cyclic N) is 1. The van der Waals surface area contributed by atoms with Crippen molar-refractivity contribution in [1.29, 1.82) is 0 Å². The zero-order valence-electron chi connectivity index (χ0n) is 11.1. The van der Waals surface area contributed by atoms with E-state index in [2.05, 4.69) is 13.8 Å². The fraction of sp³-hybridized carbons (Fsp3) is 0.929. The maximum atomic E-state index is 12.5. The molecule has 0 spiro atoms. The van der Waals surface area contributed by atoms with Gasteiger partial charge in [-0.05, 0) is 31.1 Å². The van der Waals surface area contributed by atoms with Crippen LogP contribution >= 0.6 is 0 Å². The van der Waals surface area contributed by atoms with E-state index in [9.17, 15) is 9.90 Å². The largest absolute Gasteiger partial charge is 0.391 e. The van der Waals surface area contributed by atoms with Crippen LogP contribution in [0.25, 0.3) is 0 Å². The molecule has 3 nitrogen and oxygen atoms in total. The molecule has 1 N–H and O–H groups in total. The van der Waals surface area contributed by atoms with Crippen LogP contribution in [-0.2, 0) is 4.79 Å². The van der Waals surface area contributed by atoms with Gasteiger partial charge in [0.25, 0.3) is 0 Å². The van der Waals surface area contributed by atoms with Gasteiger partial charge in [-0.1, -0.05) is 26.7 Å². The molecule has 1 aliphatic carbocycles. The Hall–Kier alpha value is -0.570. The van der Waals surface area contributed by atoms with E-state index < -0.39 is 0 Å². The molecule has 1 aliphatic heterocycles. The lowest BCUT2D eigenvalue weighted by Crippen LogP contribution is -2.48. The van der Waals surface area contributed by atoms with Gasteiger partial charge in [-0.3, -0.25) is 4.79 Å². The number of aliphatic hydroxyl groups is 1. The second-order valence-electron chi connectivity index (χ2n) is 6.37. The van der Waals surface area contributed by atoms with Gasteiger partial charge in [0, 0.05) is 19.0 Å². The first-order valence-electron chi connectivity index (χ1n) is 6.97. The van der Waals surface area contributed by atoms with Crippen molar-refractivity contribution in [1.82, 2.24) is 4.90 Å². The number of rotatable bonds is 1. The minimum absolute atomic E-state index is 0.137. The second-order valence-corrected chi connectivity index (χ2v) is 6.37. The van der Waals surface area contributed by atoms with Crippen LogP contribution in [0, 0.1) is 11.3 Å². The molecular formula is C14H25NO2. The fourth-order valence-electron chi connectivity index (χ4n) is 3.33. The number of hydrogen-bond donors (Lipinski definition) is 1. The molecule has 17 heavy (non-hydrogen) atoms. The third-order valence-corrected chi connectivity index (χ3v) is 4.51. The molecule has 2 fully saturated rings. The quantitative estimate of drug-likeness (QED) is 0.762. The smallest absolute Gasteiger partial charge is 0.226 e. The van der Waals surface area contributed by atoms with Crippen molar-refractivity contribution >= 4 is 5.91 Å². The third-order valence-electron chi connectivity index (χ3n) is 4.51. The van der Waals surface area contributed by atoms with Gasteiger partial charge in [0.05, 0.1) is 6.10 Å². The number of hydrogen-bond acceptors (Lipinski definition) is 2. The van der Waals surface area contributed by atoms with Crippen molar-refractivity contribution in [3.05, 3.63) is 0 Å². The average molecular weight is 239 g/mol. The van der Waals surface area contributed by atoms with E-state index in [1.165, 1.54) is 12.8 Å². The van der Waals surface area contributed by atoms with E-state index in [1.807, 2.05) is 4.90 Å². The molecule has 3 heteroatoms. The Kier molecular flexibility index (Phi) is 3.76. The molecular weight excluding hydrogens is 214 g/mol. The van der Waals surface area contributed by atoms with Crippen molar-refractivity contribution < 1.29 is 9.90 Å². The zero-order valence-corrected chi connectivity index (χ0v) is 11.1. The van der Waals surface area contributed by atoms with Crippen LogP contribution in [0.2, 0.25) is 0 Å². The van der Waals surface area contributed by atoms with Gasteiger partial charge in [-0.25, -0.2) is 0 Å². The van der Waals surface area contributed by atoms with E-state index in [-0.39, 0.29) is 23.3 Å². The van der Waals surface area contributed by atoms with Gasteiger partial charge in [-0.2, -0.15) is 0 Å². The van der Waals surface area contributed by atoms with Crippen LogP contribution in [0.5, 0.6) is 0 Å². The summed E-state index contributed by atoms with van der Waals surface area (Å²) in [7, 11) is 0. The van der Waals surface area contributed by atoms with Crippen LogP contribution in [0.15, 0.2) is 0 Å². The fourth-order valence-corrected chi connectivity index (χ4v) is 3.33. The Morgan fingerprint density at radius 3 is 2.65 bits per heavy atom. The van der Waals surface area contributed by atoms with E-state index in [0.717, 1.165) is 32.2 Å². The monoisotopic (exact) mass is 239 g/mol. The van der Waals surface area contributed by atoms with E-state index in [0.29, 0.717) is 6.54 Å². The van der Waals surface area contributed by atoms with Gasteiger partial charge < -0.3 is 10.0 Å². The lowest BCUT2D eigenvalue weighted by atomic mass is 9.68. The lowest BCUT2D eigenvalue weighted by Gasteiger charge is -2.41. The summed E-state index contributed by atoms with van der Waals surface area (Å²) in [6.07, 6.45) is 6.09. The summed E-state index contributed by atoms with van der Waals surface area (Å²) in [6, 6.07) is 0. The van der Waals surface area contributed by atoms with Crippen molar-refractivity contribution in [3.8, 4) is 0 Å². The maximum absolute atomic E-state index is 12.5. The summed E-state index contributed by atoms with van der Waals surface area (Å²) < 4.78 is 0. The van der Waals surface area contributed by atoms with Crippen molar-refractivity contribution in [3.63, 3.8) is 0 Å². The number of piperidine rings is 1. The highest BCUT2D eigenvalue weighted by atomic mass is 16.3. The Labute approximate surface area is 104 Å². The molecule has 0 radical (unpaired) electrons. The highest BCUT2D eigenvalue weighted by Crippen LogP contribution is 2.41. The molecule has 0 bridgehead atoms. The highest BCUT2D eigenvalue weighted by molar-refractivity contribution is 5.79. The molecule has 1 saturated heterocycles. The molecule has 98 valence electrons. The molecule has 1 unspecified atom stereocenters. The highest BCUT2D eigenvalue weighted by Gasteiger charge is 2.39. The number of aliphatic hydroxyl groups excluding tert-OH is 1. The number of carbonyl (C=O) groups is 1. The summed E-state index contributed by atoms with van der Waals surface area (Å²) >= 11 is 0. The summed E-state index contributed by atoms with van der Waals surface area (Å²) in [6.45, 7) is 5.82. The van der Waals surface area contributed by atoms with E-state index in [4.69, 9.17) is 0 Å². The Balaban J connectivity index is 2.02. The number of amides is 1. The molecule has 0 aromatic heterocycles. The topological polar surface area (TPSA) is 40.5 Å². The molecule has 0 aromatic carbocycles. The minimum atomic E-state index is -0.306. The van der Waals surface area contributed by atoms with Crippen molar-refractivity contribution in [2.45, 2.75) is 58.5 Å². The van der Waals surface area contributed by atoms with Gasteiger partial charge >= 0.3 is 0 Å². The standard InChI is InChI=1S/C14H25NO2/c1-14(2)8-4-3-7-12(14)13(17)15-9-5-6-11(16)10-15/h11-12,16H,3-10H2,1-2H3/t11-,12?/m0/s1. The summed E-state index contributed by atoms with van der Waals surface area (Å²) in [5.74, 6) is 0.454. The Morgan fingerprint density at radius 2 is 2.00 bits per heavy atom. The van der Waals surface area contributed by atoms with Gasteiger partial charge in [0.2, 0.25) is 5.91 Å². The molecule has 1 heterocycles. The van der Waals surface area contributed by atoms with Crippen molar-refractivity contribution in [2.75, 3.05) is 13.1 Å². The summed E-state index contributed by atoms with van der Waals surface area (Å²) in [5.41, 5.74) is 0.137. The van der Waals surface area contributed by atoms with Gasteiger partial charge in [0.1, 0.15) is 0 Å². The summed E-state index contributed by atoms with van der Waals surface area (Å²) in [4.78, 5) is 14.4. The van der Waals surface area contributed by atoms with Crippen LogP contribution in [0.3, 0.4) is 0 Å². The Morgan fingerprint density at radius 1 is 1.24 bits per heavy atom. The second kappa shape index (κ2) is 4.97. The third kappa shape index (κ3) is 2.82. The molecule has 2 rings (SSSR count). The minimum Gasteiger partial charge on any atom is -0.391 e. The van der Waals surface area contributed by atoms with Crippen LogP contribution in [-0.4, -0.2) is 35.1 Å². The molecule has 2 aliphatic rings. The SMILES string of the molecule is CC1(C)CCCCC1C(=O)N1CCC[C@H](O)C1. The van der Waals surface area contributed by atoms with E-state index in [1.54, 1.807) is 0 Å².